The predicted molar refractivity (Wildman–Crippen MR) is 73.9 cm³/mol. The molecule has 7 nitrogen and oxygen atoms in total. The number of H-pyrrole nitrogens is 1. The van der Waals surface area contributed by atoms with Crippen LogP contribution in [0.1, 0.15) is 32.1 Å². The van der Waals surface area contributed by atoms with Gasteiger partial charge in [0.25, 0.3) is 5.91 Å². The third-order valence-electron chi connectivity index (χ3n) is 3.01. The summed E-state index contributed by atoms with van der Waals surface area (Å²) in [5.74, 6) is -1.67. The van der Waals surface area contributed by atoms with E-state index in [1.807, 2.05) is 0 Å². The van der Waals surface area contributed by atoms with Crippen LogP contribution in [0.25, 0.3) is 0 Å². The Balaban J connectivity index is 3.01. The average molecular weight is 302 g/mol. The van der Waals surface area contributed by atoms with Crippen molar-refractivity contribution in [2.75, 3.05) is 25.6 Å². The second kappa shape index (κ2) is 5.66. The van der Waals surface area contributed by atoms with Crippen LogP contribution in [-0.2, 0) is 9.84 Å². The molecule has 2 N–H and O–H groups in total. The van der Waals surface area contributed by atoms with Gasteiger partial charge in [-0.05, 0) is 19.4 Å². The zero-order valence-corrected chi connectivity index (χ0v) is 12.7. The monoisotopic (exact) mass is 302 g/mol. The van der Waals surface area contributed by atoms with Crippen LogP contribution < -0.4 is 0 Å². The maximum atomic E-state index is 12.3. The minimum atomic E-state index is -3.16. The van der Waals surface area contributed by atoms with Gasteiger partial charge in [-0.25, -0.2) is 13.2 Å². The Morgan fingerprint density at radius 1 is 1.30 bits per heavy atom. The standard InChI is InChI=1S/C12H18N2O5S/c1-7-9(8(2)13-10(7)12(16)17)11(15)14(3)5-6-20(4,18)19/h13H,5-6H2,1-4H3,(H,16,17). The lowest BCUT2D eigenvalue weighted by molar-refractivity contribution is 0.0690. The molecule has 1 heterocycles. The molecular formula is C12H18N2O5S. The third kappa shape index (κ3) is 3.60. The minimum Gasteiger partial charge on any atom is -0.477 e. The van der Waals surface area contributed by atoms with E-state index in [9.17, 15) is 18.0 Å². The Hall–Kier alpha value is -1.83. The fourth-order valence-corrected chi connectivity index (χ4v) is 2.49. The largest absolute Gasteiger partial charge is 0.477 e. The van der Waals surface area contributed by atoms with Crippen molar-refractivity contribution in [2.24, 2.45) is 0 Å². The highest BCUT2D eigenvalue weighted by Gasteiger charge is 2.24. The highest BCUT2D eigenvalue weighted by atomic mass is 32.2. The van der Waals surface area contributed by atoms with Gasteiger partial charge in [-0.15, -0.1) is 0 Å². The van der Waals surface area contributed by atoms with E-state index in [2.05, 4.69) is 4.98 Å². The molecule has 1 amide bonds. The van der Waals surface area contributed by atoms with E-state index in [-0.39, 0.29) is 23.6 Å². The number of aromatic amines is 1. The van der Waals surface area contributed by atoms with E-state index in [0.29, 0.717) is 11.3 Å². The number of aryl methyl sites for hydroxylation is 1. The van der Waals surface area contributed by atoms with Gasteiger partial charge >= 0.3 is 5.97 Å². The molecule has 0 spiro atoms. The number of carbonyl (C=O) groups is 2. The molecule has 0 aliphatic heterocycles. The lowest BCUT2D eigenvalue weighted by Crippen LogP contribution is -2.32. The number of hydrogen-bond donors (Lipinski definition) is 2. The van der Waals surface area contributed by atoms with Crippen LogP contribution in [0.3, 0.4) is 0 Å². The summed E-state index contributed by atoms with van der Waals surface area (Å²) in [6, 6.07) is 0. The van der Waals surface area contributed by atoms with Crippen LogP contribution >= 0.6 is 0 Å². The number of aromatic nitrogens is 1. The Kier molecular flexibility index (Phi) is 4.59. The smallest absolute Gasteiger partial charge is 0.352 e. The van der Waals surface area contributed by atoms with Crippen molar-refractivity contribution in [1.82, 2.24) is 9.88 Å². The minimum absolute atomic E-state index is 0.0256. The Bertz CT molecular complexity index is 645. The number of hydrogen-bond acceptors (Lipinski definition) is 4. The lowest BCUT2D eigenvalue weighted by Gasteiger charge is -2.17. The molecule has 0 atom stereocenters. The number of carbonyl (C=O) groups excluding carboxylic acids is 1. The van der Waals surface area contributed by atoms with E-state index in [1.54, 1.807) is 13.8 Å². The van der Waals surface area contributed by atoms with Crippen molar-refractivity contribution in [3.8, 4) is 0 Å². The molecule has 0 bridgehead atoms. The van der Waals surface area contributed by atoms with Crippen LogP contribution in [0.15, 0.2) is 0 Å². The number of aromatic carboxylic acids is 1. The summed E-state index contributed by atoms with van der Waals surface area (Å²) >= 11 is 0. The van der Waals surface area contributed by atoms with E-state index >= 15 is 0 Å². The van der Waals surface area contributed by atoms with E-state index in [0.717, 1.165) is 6.26 Å². The van der Waals surface area contributed by atoms with Crippen LogP contribution in [0.5, 0.6) is 0 Å². The molecule has 0 radical (unpaired) electrons. The zero-order chi connectivity index (χ0) is 15.7. The number of amides is 1. The van der Waals surface area contributed by atoms with Gasteiger partial charge in [0.05, 0.1) is 11.3 Å². The second-order valence-corrected chi connectivity index (χ2v) is 7.05. The number of carboxylic acid groups (broad SMARTS) is 1. The molecule has 1 rings (SSSR count). The molecule has 8 heteroatoms. The number of sulfone groups is 1. The van der Waals surface area contributed by atoms with Gasteiger partial charge < -0.3 is 15.0 Å². The van der Waals surface area contributed by atoms with Gasteiger partial charge in [-0.3, -0.25) is 4.79 Å². The number of carboxylic acids is 1. The molecule has 0 aromatic carbocycles. The molecule has 0 fully saturated rings. The normalized spacial score (nSPS) is 11.4. The Labute approximate surface area is 117 Å². The molecule has 0 saturated heterocycles. The number of rotatable bonds is 5. The second-order valence-electron chi connectivity index (χ2n) is 4.79. The maximum Gasteiger partial charge on any atom is 0.352 e. The fraction of sp³-hybridized carbons (Fsp3) is 0.500. The molecule has 0 aliphatic rings. The van der Waals surface area contributed by atoms with Gasteiger partial charge in [-0.2, -0.15) is 0 Å². The van der Waals surface area contributed by atoms with Crippen molar-refractivity contribution in [2.45, 2.75) is 13.8 Å². The first-order valence-corrected chi connectivity index (χ1v) is 7.96. The zero-order valence-electron chi connectivity index (χ0n) is 11.8. The van der Waals surface area contributed by atoms with Crippen molar-refractivity contribution in [1.29, 1.82) is 0 Å². The van der Waals surface area contributed by atoms with Crippen LogP contribution in [0, 0.1) is 13.8 Å². The highest BCUT2D eigenvalue weighted by molar-refractivity contribution is 7.90. The summed E-state index contributed by atoms with van der Waals surface area (Å²) in [6.45, 7) is 3.21. The first-order valence-electron chi connectivity index (χ1n) is 5.90. The molecule has 0 unspecified atom stereocenters. The molecule has 20 heavy (non-hydrogen) atoms. The summed E-state index contributed by atoms with van der Waals surface area (Å²) in [5, 5.41) is 9.00. The van der Waals surface area contributed by atoms with Crippen molar-refractivity contribution in [3.05, 3.63) is 22.5 Å². The van der Waals surface area contributed by atoms with Crippen molar-refractivity contribution < 1.29 is 23.1 Å². The molecule has 1 aromatic heterocycles. The summed E-state index contributed by atoms with van der Waals surface area (Å²) in [7, 11) is -1.67. The lowest BCUT2D eigenvalue weighted by atomic mass is 10.1. The van der Waals surface area contributed by atoms with Gasteiger partial charge in [0.1, 0.15) is 15.5 Å². The molecule has 0 aliphatic carbocycles. The highest BCUT2D eigenvalue weighted by Crippen LogP contribution is 2.19. The Morgan fingerprint density at radius 2 is 1.85 bits per heavy atom. The van der Waals surface area contributed by atoms with Gasteiger partial charge in [-0.1, -0.05) is 0 Å². The SMILES string of the molecule is Cc1[nH]c(C(=O)O)c(C)c1C(=O)N(C)CCS(C)(=O)=O. The van der Waals surface area contributed by atoms with E-state index < -0.39 is 21.7 Å². The fourth-order valence-electron chi connectivity index (χ4n) is 1.88. The molecule has 1 aromatic rings. The molecule has 112 valence electrons. The first-order chi connectivity index (χ1) is 9.04. The van der Waals surface area contributed by atoms with Crippen molar-refractivity contribution >= 4 is 21.7 Å². The predicted octanol–water partition coefficient (Wildman–Crippen LogP) is 0.446. The first kappa shape index (κ1) is 16.2. The van der Waals surface area contributed by atoms with E-state index in [1.165, 1.54) is 11.9 Å². The summed E-state index contributed by atoms with van der Waals surface area (Å²) in [6.07, 6.45) is 1.10. The van der Waals surface area contributed by atoms with Crippen molar-refractivity contribution in [3.63, 3.8) is 0 Å². The topological polar surface area (TPSA) is 108 Å². The van der Waals surface area contributed by atoms with Crippen LogP contribution in [-0.4, -0.2) is 60.9 Å². The maximum absolute atomic E-state index is 12.3. The van der Waals surface area contributed by atoms with Gasteiger partial charge in [0, 0.05) is 25.5 Å². The van der Waals surface area contributed by atoms with Gasteiger partial charge in [0.2, 0.25) is 0 Å². The molecular weight excluding hydrogens is 284 g/mol. The third-order valence-corrected chi connectivity index (χ3v) is 3.93. The number of nitrogens with one attached hydrogen (secondary N) is 1. The summed E-state index contributed by atoms with van der Waals surface area (Å²) in [4.78, 5) is 27.2. The van der Waals surface area contributed by atoms with E-state index in [4.69, 9.17) is 5.11 Å². The van der Waals surface area contributed by atoms with Crippen LogP contribution in [0.2, 0.25) is 0 Å². The van der Waals surface area contributed by atoms with Gasteiger partial charge in [0.15, 0.2) is 0 Å². The Morgan fingerprint density at radius 3 is 2.25 bits per heavy atom. The number of nitrogens with zero attached hydrogens (tertiary/aromatic N) is 1. The summed E-state index contributed by atoms with van der Waals surface area (Å²) in [5.41, 5.74) is 1.06. The average Bonchev–Trinajstić information content (AvgIpc) is 2.60. The quantitative estimate of drug-likeness (QED) is 0.821. The molecule has 0 saturated carbocycles. The van der Waals surface area contributed by atoms with Crippen LogP contribution in [0.4, 0.5) is 0 Å². The summed E-state index contributed by atoms with van der Waals surface area (Å²) < 4.78 is 22.2.